The van der Waals surface area contributed by atoms with Crippen LogP contribution in [0.5, 0.6) is 5.75 Å². The van der Waals surface area contributed by atoms with Crippen molar-refractivity contribution < 1.29 is 17.9 Å². The minimum absolute atomic E-state index is 0.0307. The van der Waals surface area contributed by atoms with Crippen molar-refractivity contribution >= 4 is 26.5 Å². The quantitative estimate of drug-likeness (QED) is 0.750. The molecule has 0 aromatic heterocycles. The van der Waals surface area contributed by atoms with E-state index in [1.165, 1.54) is 12.1 Å². The van der Waals surface area contributed by atoms with Gasteiger partial charge in [-0.05, 0) is 46.7 Å². The molecule has 3 rings (SSSR count). The van der Waals surface area contributed by atoms with Crippen molar-refractivity contribution in [3.63, 3.8) is 0 Å². The SMILES string of the molecule is COc1ccc2cc(CNC(=O)c3ccccc3S(C)(=O)=O)ccc2c1. The van der Waals surface area contributed by atoms with E-state index in [1.807, 2.05) is 36.4 Å². The van der Waals surface area contributed by atoms with Crippen molar-refractivity contribution in [1.29, 1.82) is 0 Å². The summed E-state index contributed by atoms with van der Waals surface area (Å²) in [4.78, 5) is 12.5. The fourth-order valence-corrected chi connectivity index (χ4v) is 3.65. The molecule has 0 atom stereocenters. The second-order valence-electron chi connectivity index (χ2n) is 6.00. The third kappa shape index (κ3) is 3.86. The normalized spacial score (nSPS) is 11.3. The highest BCUT2D eigenvalue weighted by atomic mass is 32.2. The Labute approximate surface area is 152 Å². The highest BCUT2D eigenvalue weighted by molar-refractivity contribution is 7.90. The Morgan fingerprint density at radius 3 is 2.42 bits per heavy atom. The van der Waals surface area contributed by atoms with Crippen molar-refractivity contribution in [3.8, 4) is 5.75 Å². The average Bonchev–Trinajstić information content (AvgIpc) is 2.64. The predicted octanol–water partition coefficient (Wildman–Crippen LogP) is 3.18. The maximum absolute atomic E-state index is 12.4. The number of hydrogen-bond acceptors (Lipinski definition) is 4. The van der Waals surface area contributed by atoms with Gasteiger partial charge in [-0.1, -0.05) is 30.3 Å². The van der Waals surface area contributed by atoms with Crippen LogP contribution in [0.1, 0.15) is 15.9 Å². The van der Waals surface area contributed by atoms with Crippen LogP contribution in [0.4, 0.5) is 0 Å². The summed E-state index contributed by atoms with van der Waals surface area (Å²) in [7, 11) is -1.85. The van der Waals surface area contributed by atoms with Gasteiger partial charge in [0.05, 0.1) is 17.6 Å². The van der Waals surface area contributed by atoms with E-state index < -0.39 is 15.7 Å². The van der Waals surface area contributed by atoms with Gasteiger partial charge < -0.3 is 10.1 Å². The lowest BCUT2D eigenvalue weighted by molar-refractivity contribution is 0.0947. The standard InChI is InChI=1S/C20H19NO4S/c1-25-17-10-9-15-11-14(7-8-16(15)12-17)13-21-20(22)18-5-3-4-6-19(18)26(2,23)24/h3-12H,13H2,1-2H3,(H,21,22). The highest BCUT2D eigenvalue weighted by Crippen LogP contribution is 2.22. The van der Waals surface area contributed by atoms with Gasteiger partial charge in [0.25, 0.3) is 5.91 Å². The van der Waals surface area contributed by atoms with E-state index in [9.17, 15) is 13.2 Å². The van der Waals surface area contributed by atoms with Crippen LogP contribution in [0.3, 0.4) is 0 Å². The summed E-state index contributed by atoms with van der Waals surface area (Å²) in [5.74, 6) is 0.372. The Hall–Kier alpha value is -2.86. The lowest BCUT2D eigenvalue weighted by Gasteiger charge is -2.10. The minimum atomic E-state index is -3.47. The van der Waals surface area contributed by atoms with Gasteiger partial charge in [0.15, 0.2) is 9.84 Å². The molecule has 0 saturated carbocycles. The first-order chi connectivity index (χ1) is 12.4. The molecule has 26 heavy (non-hydrogen) atoms. The topological polar surface area (TPSA) is 72.5 Å². The third-order valence-electron chi connectivity index (χ3n) is 4.10. The molecule has 0 aliphatic carbocycles. The number of benzene rings is 3. The molecule has 3 aromatic rings. The summed E-state index contributed by atoms with van der Waals surface area (Å²) in [6.45, 7) is 0.304. The molecular formula is C20H19NO4S. The number of nitrogens with one attached hydrogen (secondary N) is 1. The summed E-state index contributed by atoms with van der Waals surface area (Å²) in [6.07, 6.45) is 1.09. The molecule has 0 saturated heterocycles. The number of hydrogen-bond donors (Lipinski definition) is 1. The molecule has 1 N–H and O–H groups in total. The molecule has 0 aliphatic rings. The smallest absolute Gasteiger partial charge is 0.252 e. The number of rotatable bonds is 5. The van der Waals surface area contributed by atoms with Crippen LogP contribution in [-0.4, -0.2) is 27.7 Å². The lowest BCUT2D eigenvalue weighted by atomic mass is 10.1. The number of ether oxygens (including phenoxy) is 1. The lowest BCUT2D eigenvalue weighted by Crippen LogP contribution is -2.24. The van der Waals surface area contributed by atoms with E-state index in [1.54, 1.807) is 19.2 Å². The Bertz CT molecular complexity index is 1070. The second-order valence-corrected chi connectivity index (χ2v) is 7.98. The molecule has 0 aliphatic heterocycles. The molecule has 0 fully saturated rings. The van der Waals surface area contributed by atoms with Crippen molar-refractivity contribution in [2.75, 3.05) is 13.4 Å². The molecule has 0 unspecified atom stereocenters. The third-order valence-corrected chi connectivity index (χ3v) is 5.25. The second kappa shape index (κ2) is 7.17. The molecular weight excluding hydrogens is 350 g/mol. The van der Waals surface area contributed by atoms with Crippen LogP contribution < -0.4 is 10.1 Å². The van der Waals surface area contributed by atoms with Crippen LogP contribution in [0, 0.1) is 0 Å². The van der Waals surface area contributed by atoms with E-state index >= 15 is 0 Å². The van der Waals surface area contributed by atoms with E-state index in [2.05, 4.69) is 5.32 Å². The van der Waals surface area contributed by atoms with Gasteiger partial charge in [-0.3, -0.25) is 4.79 Å². The number of amides is 1. The van der Waals surface area contributed by atoms with E-state index in [0.29, 0.717) is 6.54 Å². The predicted molar refractivity (Wildman–Crippen MR) is 101 cm³/mol. The van der Waals surface area contributed by atoms with Gasteiger partial charge in [-0.2, -0.15) is 0 Å². The van der Waals surface area contributed by atoms with Gasteiger partial charge in [0, 0.05) is 12.8 Å². The summed E-state index contributed by atoms with van der Waals surface area (Å²) in [5, 5.41) is 4.87. The van der Waals surface area contributed by atoms with Crippen LogP contribution in [0.15, 0.2) is 65.6 Å². The zero-order valence-corrected chi connectivity index (χ0v) is 15.3. The largest absolute Gasteiger partial charge is 0.497 e. The molecule has 3 aromatic carbocycles. The van der Waals surface area contributed by atoms with Crippen molar-refractivity contribution in [2.24, 2.45) is 0 Å². The van der Waals surface area contributed by atoms with Gasteiger partial charge >= 0.3 is 0 Å². The summed E-state index contributed by atoms with van der Waals surface area (Å²) >= 11 is 0. The minimum Gasteiger partial charge on any atom is -0.497 e. The van der Waals surface area contributed by atoms with Gasteiger partial charge in [-0.15, -0.1) is 0 Å². The van der Waals surface area contributed by atoms with Gasteiger partial charge in [0.1, 0.15) is 5.75 Å². The van der Waals surface area contributed by atoms with Crippen LogP contribution in [0.25, 0.3) is 10.8 Å². The number of fused-ring (bicyclic) bond motifs is 1. The average molecular weight is 369 g/mol. The molecule has 0 bridgehead atoms. The van der Waals surface area contributed by atoms with E-state index in [4.69, 9.17) is 4.74 Å². The van der Waals surface area contributed by atoms with Crippen LogP contribution in [0.2, 0.25) is 0 Å². The summed E-state index contributed by atoms with van der Waals surface area (Å²) in [5.41, 5.74) is 1.08. The molecule has 0 radical (unpaired) electrons. The molecule has 6 heteroatoms. The zero-order valence-electron chi connectivity index (χ0n) is 14.5. The molecule has 0 spiro atoms. The molecule has 5 nitrogen and oxygen atoms in total. The van der Waals surface area contributed by atoms with Crippen molar-refractivity contribution in [2.45, 2.75) is 11.4 Å². The van der Waals surface area contributed by atoms with Gasteiger partial charge in [-0.25, -0.2) is 8.42 Å². The molecule has 134 valence electrons. The maximum Gasteiger partial charge on any atom is 0.252 e. The fraction of sp³-hybridized carbons (Fsp3) is 0.150. The molecule has 1 amide bonds. The van der Waals surface area contributed by atoms with E-state index in [0.717, 1.165) is 28.3 Å². The number of sulfone groups is 1. The number of methoxy groups -OCH3 is 1. The zero-order chi connectivity index (χ0) is 18.7. The first kappa shape index (κ1) is 17.9. The number of carbonyl (C=O) groups is 1. The Balaban J connectivity index is 1.79. The maximum atomic E-state index is 12.4. The Kier molecular flexibility index (Phi) is 4.95. The van der Waals surface area contributed by atoms with Crippen LogP contribution >= 0.6 is 0 Å². The van der Waals surface area contributed by atoms with Crippen molar-refractivity contribution in [3.05, 3.63) is 71.8 Å². The van der Waals surface area contributed by atoms with Crippen molar-refractivity contribution in [1.82, 2.24) is 5.32 Å². The summed E-state index contributed by atoms with van der Waals surface area (Å²) in [6, 6.07) is 17.8. The Morgan fingerprint density at radius 1 is 1.00 bits per heavy atom. The monoisotopic (exact) mass is 369 g/mol. The first-order valence-corrected chi connectivity index (χ1v) is 9.91. The first-order valence-electron chi connectivity index (χ1n) is 8.02. The summed E-state index contributed by atoms with van der Waals surface area (Å²) < 4.78 is 28.9. The Morgan fingerprint density at radius 2 is 1.69 bits per heavy atom. The van der Waals surface area contributed by atoms with Crippen LogP contribution in [-0.2, 0) is 16.4 Å². The van der Waals surface area contributed by atoms with Gasteiger partial charge in [0.2, 0.25) is 0 Å². The highest BCUT2D eigenvalue weighted by Gasteiger charge is 2.17. The molecule has 0 heterocycles. The number of carbonyl (C=O) groups excluding carboxylic acids is 1. The fourth-order valence-electron chi connectivity index (χ4n) is 2.77. The van der Waals surface area contributed by atoms with E-state index in [-0.39, 0.29) is 10.5 Å².